The van der Waals surface area contributed by atoms with Gasteiger partial charge in [0.15, 0.2) is 0 Å². The van der Waals surface area contributed by atoms with E-state index in [2.05, 4.69) is 5.16 Å². The second-order valence-corrected chi connectivity index (χ2v) is 2.93. The summed E-state index contributed by atoms with van der Waals surface area (Å²) in [4.78, 5) is 0. The summed E-state index contributed by atoms with van der Waals surface area (Å²) >= 11 is 0. The maximum absolute atomic E-state index is 8.59. The molecule has 0 spiro atoms. The van der Waals surface area contributed by atoms with Crippen LogP contribution in [0.3, 0.4) is 0 Å². The first kappa shape index (κ1) is 8.78. The maximum Gasteiger partial charge on any atom is 0.0839 e. The van der Waals surface area contributed by atoms with Crippen LogP contribution in [0.15, 0.2) is 23.4 Å². The van der Waals surface area contributed by atoms with Crippen LogP contribution in [0, 0.1) is 13.8 Å². The van der Waals surface area contributed by atoms with E-state index in [-0.39, 0.29) is 0 Å². The molecule has 0 fully saturated rings. The lowest BCUT2D eigenvalue weighted by atomic mass is 10.0. The third-order valence-electron chi connectivity index (χ3n) is 2.14. The minimum absolute atomic E-state index is 0.663. The standard InChI is InChI=1S/C10H13NO/c1-7-5-4-6-10(8(7)2)9(3)11-12/h4-6,12H,1-3H3. The molecule has 64 valence electrons. The summed E-state index contributed by atoms with van der Waals surface area (Å²) in [5.41, 5.74) is 4.07. The Labute approximate surface area is 72.5 Å². The Morgan fingerprint density at radius 1 is 1.33 bits per heavy atom. The molecule has 1 aromatic carbocycles. The molecule has 2 nitrogen and oxygen atoms in total. The van der Waals surface area contributed by atoms with Gasteiger partial charge in [0.05, 0.1) is 5.71 Å². The smallest absolute Gasteiger partial charge is 0.0839 e. The normalized spacial score (nSPS) is 11.8. The Bertz CT molecular complexity index is 316. The highest BCUT2D eigenvalue weighted by Gasteiger charge is 2.02. The molecule has 0 saturated carbocycles. The summed E-state index contributed by atoms with van der Waals surface area (Å²) in [6.07, 6.45) is 0. The van der Waals surface area contributed by atoms with Crippen molar-refractivity contribution in [3.8, 4) is 0 Å². The molecule has 0 atom stereocenters. The Kier molecular flexibility index (Phi) is 2.48. The molecule has 2 heteroatoms. The summed E-state index contributed by atoms with van der Waals surface area (Å²) in [5, 5.41) is 11.8. The van der Waals surface area contributed by atoms with Gasteiger partial charge in [-0.15, -0.1) is 0 Å². The van der Waals surface area contributed by atoms with E-state index >= 15 is 0 Å². The summed E-state index contributed by atoms with van der Waals surface area (Å²) in [6.45, 7) is 5.87. The molecule has 1 aromatic rings. The van der Waals surface area contributed by atoms with Crippen molar-refractivity contribution in [2.45, 2.75) is 20.8 Å². The van der Waals surface area contributed by atoms with Crippen LogP contribution >= 0.6 is 0 Å². The molecule has 1 rings (SSSR count). The monoisotopic (exact) mass is 163 g/mol. The van der Waals surface area contributed by atoms with Crippen molar-refractivity contribution in [1.29, 1.82) is 0 Å². The lowest BCUT2D eigenvalue weighted by Crippen LogP contribution is -1.99. The van der Waals surface area contributed by atoms with Crippen LogP contribution in [0.2, 0.25) is 0 Å². The zero-order chi connectivity index (χ0) is 9.14. The predicted molar refractivity (Wildman–Crippen MR) is 49.9 cm³/mol. The van der Waals surface area contributed by atoms with E-state index in [9.17, 15) is 0 Å². The lowest BCUT2D eigenvalue weighted by Gasteiger charge is -2.05. The number of nitrogens with zero attached hydrogens (tertiary/aromatic N) is 1. The Morgan fingerprint density at radius 2 is 2.00 bits per heavy atom. The number of hydrogen-bond donors (Lipinski definition) is 1. The van der Waals surface area contributed by atoms with Gasteiger partial charge in [0, 0.05) is 5.56 Å². The first-order valence-corrected chi connectivity index (χ1v) is 3.92. The van der Waals surface area contributed by atoms with Crippen LogP contribution in [0.25, 0.3) is 0 Å². The fourth-order valence-corrected chi connectivity index (χ4v) is 1.20. The van der Waals surface area contributed by atoms with Crippen molar-refractivity contribution in [2.75, 3.05) is 0 Å². The van der Waals surface area contributed by atoms with Crippen LogP contribution in [0.1, 0.15) is 23.6 Å². The van der Waals surface area contributed by atoms with Crippen LogP contribution in [0.4, 0.5) is 0 Å². The molecule has 0 aliphatic rings. The molecule has 1 N–H and O–H groups in total. The minimum atomic E-state index is 0.663. The second-order valence-electron chi connectivity index (χ2n) is 2.93. The van der Waals surface area contributed by atoms with Gasteiger partial charge in [0.25, 0.3) is 0 Å². The van der Waals surface area contributed by atoms with Gasteiger partial charge in [-0.1, -0.05) is 23.4 Å². The van der Waals surface area contributed by atoms with E-state index in [4.69, 9.17) is 5.21 Å². The number of oxime groups is 1. The molecule has 0 heterocycles. The van der Waals surface area contributed by atoms with Crippen LogP contribution in [0.5, 0.6) is 0 Å². The second kappa shape index (κ2) is 3.39. The van der Waals surface area contributed by atoms with Gasteiger partial charge in [0.2, 0.25) is 0 Å². The topological polar surface area (TPSA) is 32.6 Å². The molecule has 0 aliphatic carbocycles. The average Bonchev–Trinajstić information content (AvgIpc) is 2.08. The first-order chi connectivity index (χ1) is 5.66. The molecule has 0 aliphatic heterocycles. The number of hydrogen-bond acceptors (Lipinski definition) is 2. The quantitative estimate of drug-likeness (QED) is 0.385. The third-order valence-corrected chi connectivity index (χ3v) is 2.14. The van der Waals surface area contributed by atoms with Gasteiger partial charge in [-0.3, -0.25) is 0 Å². The van der Waals surface area contributed by atoms with E-state index in [1.807, 2.05) is 32.0 Å². The number of benzene rings is 1. The SMILES string of the molecule is CC(=NO)c1cccc(C)c1C. The van der Waals surface area contributed by atoms with E-state index in [0.29, 0.717) is 5.71 Å². The van der Waals surface area contributed by atoms with Gasteiger partial charge in [-0.05, 0) is 31.9 Å². The molecule has 0 unspecified atom stereocenters. The fraction of sp³-hybridized carbons (Fsp3) is 0.300. The molecule has 0 saturated heterocycles. The number of rotatable bonds is 1. The maximum atomic E-state index is 8.59. The van der Waals surface area contributed by atoms with Crippen molar-refractivity contribution in [2.24, 2.45) is 5.16 Å². The van der Waals surface area contributed by atoms with Gasteiger partial charge < -0.3 is 5.21 Å². The van der Waals surface area contributed by atoms with Crippen molar-refractivity contribution < 1.29 is 5.21 Å². The van der Waals surface area contributed by atoms with Gasteiger partial charge in [-0.25, -0.2) is 0 Å². The van der Waals surface area contributed by atoms with Crippen LogP contribution in [-0.2, 0) is 0 Å². The predicted octanol–water partition coefficient (Wildman–Crippen LogP) is 2.50. The van der Waals surface area contributed by atoms with Gasteiger partial charge in [0.1, 0.15) is 0 Å². The molecule has 0 bridgehead atoms. The van der Waals surface area contributed by atoms with Crippen molar-refractivity contribution in [1.82, 2.24) is 0 Å². The number of aryl methyl sites for hydroxylation is 1. The van der Waals surface area contributed by atoms with Crippen molar-refractivity contribution >= 4 is 5.71 Å². The minimum Gasteiger partial charge on any atom is -0.411 e. The van der Waals surface area contributed by atoms with Crippen molar-refractivity contribution in [3.63, 3.8) is 0 Å². The molecular weight excluding hydrogens is 150 g/mol. The lowest BCUT2D eigenvalue weighted by molar-refractivity contribution is 0.319. The third kappa shape index (κ3) is 1.47. The van der Waals surface area contributed by atoms with E-state index < -0.39 is 0 Å². The average molecular weight is 163 g/mol. The van der Waals surface area contributed by atoms with E-state index in [0.717, 1.165) is 5.56 Å². The van der Waals surface area contributed by atoms with Gasteiger partial charge >= 0.3 is 0 Å². The summed E-state index contributed by atoms with van der Waals surface area (Å²) in [5.74, 6) is 0. The Balaban J connectivity index is 3.26. The zero-order valence-corrected chi connectivity index (χ0v) is 7.63. The summed E-state index contributed by atoms with van der Waals surface area (Å²) < 4.78 is 0. The fourth-order valence-electron chi connectivity index (χ4n) is 1.20. The van der Waals surface area contributed by atoms with Gasteiger partial charge in [-0.2, -0.15) is 0 Å². The Hall–Kier alpha value is -1.31. The molecular formula is C10H13NO. The van der Waals surface area contributed by atoms with E-state index in [1.54, 1.807) is 6.92 Å². The van der Waals surface area contributed by atoms with E-state index in [1.165, 1.54) is 11.1 Å². The Morgan fingerprint density at radius 3 is 2.58 bits per heavy atom. The molecule has 0 aromatic heterocycles. The molecule has 12 heavy (non-hydrogen) atoms. The largest absolute Gasteiger partial charge is 0.411 e. The summed E-state index contributed by atoms with van der Waals surface area (Å²) in [6, 6.07) is 5.97. The van der Waals surface area contributed by atoms with Crippen LogP contribution < -0.4 is 0 Å². The highest BCUT2D eigenvalue weighted by Crippen LogP contribution is 2.13. The van der Waals surface area contributed by atoms with Crippen molar-refractivity contribution in [3.05, 3.63) is 34.9 Å². The molecule has 0 amide bonds. The zero-order valence-electron chi connectivity index (χ0n) is 7.63. The summed E-state index contributed by atoms with van der Waals surface area (Å²) in [7, 11) is 0. The highest BCUT2D eigenvalue weighted by atomic mass is 16.4. The highest BCUT2D eigenvalue weighted by molar-refractivity contribution is 5.99. The molecule has 0 radical (unpaired) electrons. The van der Waals surface area contributed by atoms with Crippen LogP contribution in [-0.4, -0.2) is 10.9 Å². The first-order valence-electron chi connectivity index (χ1n) is 3.92.